The third-order valence-corrected chi connectivity index (χ3v) is 7.95. The van der Waals surface area contributed by atoms with Crippen molar-refractivity contribution >= 4 is 57.6 Å². The summed E-state index contributed by atoms with van der Waals surface area (Å²) in [4.78, 5) is 46.4. The second-order valence-corrected chi connectivity index (χ2v) is 11.4. The van der Waals surface area contributed by atoms with Crippen molar-refractivity contribution in [3.8, 4) is 22.6 Å². The maximum absolute atomic E-state index is 14.6. The highest BCUT2D eigenvalue weighted by molar-refractivity contribution is 6.41. The summed E-state index contributed by atoms with van der Waals surface area (Å²) in [6.45, 7) is 2.48. The van der Waals surface area contributed by atoms with Crippen LogP contribution in [0.4, 0.5) is 17.5 Å². The molecule has 5 rings (SSSR count). The highest BCUT2D eigenvalue weighted by Gasteiger charge is 2.25. The molecule has 5 aromatic rings. The van der Waals surface area contributed by atoms with Crippen molar-refractivity contribution in [2.45, 2.75) is 13.0 Å². The smallest absolute Gasteiger partial charge is 0.260 e. The predicted octanol–water partition coefficient (Wildman–Crippen LogP) is 5.98. The number of nitrogens with one attached hydrogen (secondary N) is 2. The van der Waals surface area contributed by atoms with Crippen molar-refractivity contribution in [2.75, 3.05) is 45.5 Å². The SMILES string of the molecule is COc1cc(OC)c(Cl)c(-c2cc3cnc(Nc4ccncn4)nc3n(C(C)c3cccc(NC(=O)/C=C/CN(C)C)c3)c2=O)c1Cl. The summed E-state index contributed by atoms with van der Waals surface area (Å²) in [7, 11) is 6.76. The summed E-state index contributed by atoms with van der Waals surface area (Å²) in [5.74, 6) is 0.985. The minimum absolute atomic E-state index is 0.143. The number of benzene rings is 2. The van der Waals surface area contributed by atoms with E-state index in [1.165, 1.54) is 31.2 Å². The number of anilines is 3. The number of nitrogens with zero attached hydrogens (tertiary/aromatic N) is 6. The Morgan fingerprint density at radius 2 is 1.81 bits per heavy atom. The van der Waals surface area contributed by atoms with Gasteiger partial charge in [0.05, 0.1) is 35.9 Å². The molecule has 0 aliphatic heterocycles. The van der Waals surface area contributed by atoms with Gasteiger partial charge in [0, 0.05) is 47.7 Å². The Morgan fingerprint density at radius 3 is 2.47 bits per heavy atom. The Morgan fingerprint density at radius 1 is 1.06 bits per heavy atom. The first-order valence-electron chi connectivity index (χ1n) is 14.4. The second-order valence-electron chi connectivity index (χ2n) is 10.7. The lowest BCUT2D eigenvalue weighted by Crippen LogP contribution is -2.27. The van der Waals surface area contributed by atoms with Crippen LogP contribution in [0.2, 0.25) is 10.0 Å². The normalized spacial score (nSPS) is 12.0. The first-order chi connectivity index (χ1) is 22.6. The number of aromatic nitrogens is 5. The average Bonchev–Trinajstić information content (AvgIpc) is 3.05. The molecule has 0 saturated carbocycles. The molecule has 0 spiro atoms. The van der Waals surface area contributed by atoms with Gasteiger partial charge in [0.2, 0.25) is 11.9 Å². The third kappa shape index (κ3) is 7.35. The molecule has 3 aromatic heterocycles. The lowest BCUT2D eigenvalue weighted by Gasteiger charge is -2.21. The minimum Gasteiger partial charge on any atom is -0.495 e. The molecule has 0 bridgehead atoms. The van der Waals surface area contributed by atoms with Gasteiger partial charge in [-0.2, -0.15) is 4.98 Å². The van der Waals surface area contributed by atoms with E-state index in [-0.39, 0.29) is 44.5 Å². The van der Waals surface area contributed by atoms with E-state index in [1.807, 2.05) is 38.1 Å². The number of methoxy groups -OCH3 is 2. The number of ether oxygens (including phenoxy) is 2. The van der Waals surface area contributed by atoms with E-state index in [0.717, 1.165) is 5.56 Å². The Hall–Kier alpha value is -5.04. The van der Waals surface area contributed by atoms with E-state index in [1.54, 1.807) is 48.8 Å². The molecule has 1 atom stereocenters. The van der Waals surface area contributed by atoms with E-state index in [0.29, 0.717) is 29.1 Å². The maximum Gasteiger partial charge on any atom is 0.260 e. The zero-order valence-electron chi connectivity index (χ0n) is 26.3. The van der Waals surface area contributed by atoms with Crippen molar-refractivity contribution < 1.29 is 14.3 Å². The Labute approximate surface area is 281 Å². The number of rotatable bonds is 11. The van der Waals surface area contributed by atoms with Crippen LogP contribution in [0, 0.1) is 0 Å². The Bertz CT molecular complexity index is 1990. The highest BCUT2D eigenvalue weighted by Crippen LogP contribution is 2.45. The van der Waals surface area contributed by atoms with Crippen LogP contribution in [0.25, 0.3) is 22.2 Å². The number of halogens is 2. The molecule has 0 aliphatic carbocycles. The topological polar surface area (TPSA) is 136 Å². The standard InChI is InChI=1S/C33H32Cl2N8O4/c1-19(20-8-6-9-22(14-20)39-27(44)10-7-13-42(2)3)43-31-21(17-37-33(41-31)40-26-11-12-36-18-38-26)15-23(32(43)45)28-29(34)24(46-4)16-25(47-5)30(28)35/h6-12,14-19H,13H2,1-5H3,(H,39,44)(H,36,37,38,40,41)/b10-7+. The molecule has 14 heteroatoms. The fraction of sp³-hybridized carbons (Fsp3) is 0.212. The lowest BCUT2D eigenvalue weighted by atomic mass is 10.0. The maximum atomic E-state index is 14.6. The molecule has 242 valence electrons. The zero-order chi connectivity index (χ0) is 33.7. The molecule has 1 unspecified atom stereocenters. The Kier molecular flexibility index (Phi) is 10.3. The van der Waals surface area contributed by atoms with Crippen molar-refractivity contribution in [2.24, 2.45) is 0 Å². The van der Waals surface area contributed by atoms with E-state index in [2.05, 4.69) is 25.6 Å². The van der Waals surface area contributed by atoms with Crippen molar-refractivity contribution in [3.63, 3.8) is 0 Å². The molecule has 3 heterocycles. The second kappa shape index (κ2) is 14.6. The van der Waals surface area contributed by atoms with Crippen molar-refractivity contribution in [1.82, 2.24) is 29.4 Å². The third-order valence-electron chi connectivity index (χ3n) is 7.20. The van der Waals surface area contributed by atoms with Gasteiger partial charge in [0.1, 0.15) is 29.3 Å². The van der Waals surface area contributed by atoms with Gasteiger partial charge in [-0.3, -0.25) is 14.2 Å². The van der Waals surface area contributed by atoms with Gasteiger partial charge in [-0.05, 0) is 50.8 Å². The van der Waals surface area contributed by atoms with Gasteiger partial charge in [-0.15, -0.1) is 0 Å². The van der Waals surface area contributed by atoms with Crippen LogP contribution in [-0.2, 0) is 4.79 Å². The number of hydrogen-bond donors (Lipinski definition) is 2. The number of carbonyl (C=O) groups excluding carboxylic acids is 1. The molecule has 2 aromatic carbocycles. The van der Waals surface area contributed by atoms with E-state index >= 15 is 0 Å². The van der Waals surface area contributed by atoms with Crippen LogP contribution in [0.5, 0.6) is 11.5 Å². The molecule has 0 saturated heterocycles. The number of hydrogen-bond acceptors (Lipinski definition) is 10. The first kappa shape index (κ1) is 33.3. The molecular formula is C33H32Cl2N8O4. The quantitative estimate of drug-likeness (QED) is 0.161. The fourth-order valence-corrected chi connectivity index (χ4v) is 5.60. The lowest BCUT2D eigenvalue weighted by molar-refractivity contribution is -0.111. The van der Waals surface area contributed by atoms with Crippen molar-refractivity contribution in [1.29, 1.82) is 0 Å². The van der Waals surface area contributed by atoms with Crippen LogP contribution in [0.15, 0.2) is 78.1 Å². The van der Waals surface area contributed by atoms with Crippen LogP contribution >= 0.6 is 23.2 Å². The number of likely N-dealkylation sites (N-methyl/N-ethyl adjacent to an activating group) is 1. The number of amides is 1. The minimum atomic E-state index is -0.585. The van der Waals surface area contributed by atoms with Crippen LogP contribution in [-0.4, -0.2) is 70.2 Å². The monoisotopic (exact) mass is 674 g/mol. The van der Waals surface area contributed by atoms with Gasteiger partial charge >= 0.3 is 0 Å². The largest absolute Gasteiger partial charge is 0.495 e. The van der Waals surface area contributed by atoms with E-state index in [9.17, 15) is 9.59 Å². The highest BCUT2D eigenvalue weighted by atomic mass is 35.5. The first-order valence-corrected chi connectivity index (χ1v) is 15.1. The molecular weight excluding hydrogens is 643 g/mol. The summed E-state index contributed by atoms with van der Waals surface area (Å²) in [5.41, 5.74) is 1.62. The number of pyridine rings is 1. The molecule has 2 N–H and O–H groups in total. The van der Waals surface area contributed by atoms with Crippen molar-refractivity contribution in [3.05, 3.63) is 99.3 Å². The summed E-state index contributed by atoms with van der Waals surface area (Å²) >= 11 is 13.5. The summed E-state index contributed by atoms with van der Waals surface area (Å²) in [6.07, 6.45) is 7.83. The van der Waals surface area contributed by atoms with Crippen LogP contribution in [0.3, 0.4) is 0 Å². The molecule has 1 amide bonds. The number of carbonyl (C=O) groups is 1. The molecule has 12 nitrogen and oxygen atoms in total. The van der Waals surface area contributed by atoms with Gasteiger partial charge in [0.15, 0.2) is 0 Å². The molecule has 0 aliphatic rings. The van der Waals surface area contributed by atoms with Gasteiger partial charge in [0.25, 0.3) is 5.56 Å². The van der Waals surface area contributed by atoms with E-state index in [4.69, 9.17) is 37.7 Å². The predicted molar refractivity (Wildman–Crippen MR) is 184 cm³/mol. The molecule has 47 heavy (non-hydrogen) atoms. The summed E-state index contributed by atoms with van der Waals surface area (Å²) < 4.78 is 12.5. The van der Waals surface area contributed by atoms with Gasteiger partial charge in [-0.1, -0.05) is 41.4 Å². The molecule has 0 radical (unpaired) electrons. The van der Waals surface area contributed by atoms with Crippen LogP contribution in [0.1, 0.15) is 18.5 Å². The number of fused-ring (bicyclic) bond motifs is 1. The zero-order valence-corrected chi connectivity index (χ0v) is 27.8. The Balaban J connectivity index is 1.68. The summed E-state index contributed by atoms with van der Waals surface area (Å²) in [6, 6.07) is 11.5. The van der Waals surface area contributed by atoms with E-state index < -0.39 is 11.6 Å². The van der Waals surface area contributed by atoms with Gasteiger partial charge in [-0.25, -0.2) is 15.0 Å². The summed E-state index contributed by atoms with van der Waals surface area (Å²) in [5, 5.41) is 6.75. The van der Waals surface area contributed by atoms with Crippen LogP contribution < -0.4 is 25.7 Å². The van der Waals surface area contributed by atoms with Gasteiger partial charge < -0.3 is 25.0 Å². The molecule has 0 fully saturated rings. The fourth-order valence-electron chi connectivity index (χ4n) is 4.90. The average molecular weight is 676 g/mol.